The molecule has 0 saturated carbocycles. The van der Waals surface area contributed by atoms with Gasteiger partial charge in [-0.05, 0) is 36.8 Å². The van der Waals surface area contributed by atoms with E-state index < -0.39 is 17.9 Å². The predicted octanol–water partition coefficient (Wildman–Crippen LogP) is 2.32. The summed E-state index contributed by atoms with van der Waals surface area (Å²) in [5.74, 6) is -1.000. The molecule has 0 aliphatic carbocycles. The Bertz CT molecular complexity index is 805. The molecule has 2 rings (SSSR count). The average Bonchev–Trinajstić information content (AvgIpc) is 2.69. The fourth-order valence-electron chi connectivity index (χ4n) is 2.55. The van der Waals surface area contributed by atoms with Crippen LogP contribution in [-0.4, -0.2) is 46.9 Å². The van der Waals surface area contributed by atoms with E-state index in [2.05, 4.69) is 5.32 Å². The minimum absolute atomic E-state index is 0.102. The smallest absolute Gasteiger partial charge is 0.326 e. The topological polar surface area (TPSA) is 95.9 Å². The van der Waals surface area contributed by atoms with Crippen molar-refractivity contribution < 1.29 is 24.2 Å². The van der Waals surface area contributed by atoms with E-state index in [0.717, 1.165) is 11.3 Å². The Morgan fingerprint density at radius 3 is 2.29 bits per heavy atom. The van der Waals surface area contributed by atoms with Gasteiger partial charge in [0.2, 0.25) is 5.91 Å². The van der Waals surface area contributed by atoms with Crippen LogP contribution >= 0.6 is 0 Å². The first kappa shape index (κ1) is 21.0. The van der Waals surface area contributed by atoms with E-state index in [0.29, 0.717) is 12.2 Å². The van der Waals surface area contributed by atoms with Crippen LogP contribution in [0.3, 0.4) is 0 Å². The second kappa shape index (κ2) is 10.1. The van der Waals surface area contributed by atoms with Gasteiger partial charge in [0.15, 0.2) is 0 Å². The number of rotatable bonds is 9. The number of nitrogens with one attached hydrogen (secondary N) is 1. The summed E-state index contributed by atoms with van der Waals surface area (Å²) in [5.41, 5.74) is 1.26. The van der Waals surface area contributed by atoms with E-state index in [1.54, 1.807) is 24.3 Å². The largest absolute Gasteiger partial charge is 0.489 e. The standard InChI is InChI=1S/C21H24N2O5/c1-15(21(26)27)23(13-12-22-16(2)24)20(25)18-10-8-17(9-11-18)14-28-19-6-4-3-5-7-19/h3-11,15H,12-14H2,1-2H3,(H,22,24)(H,26,27). The number of para-hydroxylation sites is 1. The van der Waals surface area contributed by atoms with Gasteiger partial charge in [-0.3, -0.25) is 9.59 Å². The van der Waals surface area contributed by atoms with Crippen molar-refractivity contribution >= 4 is 17.8 Å². The molecule has 0 aliphatic rings. The summed E-state index contributed by atoms with van der Waals surface area (Å²) in [6, 6.07) is 15.2. The van der Waals surface area contributed by atoms with Crippen molar-refractivity contribution in [3.63, 3.8) is 0 Å². The molecular weight excluding hydrogens is 360 g/mol. The zero-order valence-electron chi connectivity index (χ0n) is 15.9. The maximum atomic E-state index is 12.8. The molecule has 0 saturated heterocycles. The first-order chi connectivity index (χ1) is 13.4. The zero-order chi connectivity index (χ0) is 20.5. The number of benzene rings is 2. The number of hydrogen-bond acceptors (Lipinski definition) is 4. The number of hydrogen-bond donors (Lipinski definition) is 2. The highest BCUT2D eigenvalue weighted by Gasteiger charge is 2.26. The molecule has 2 amide bonds. The number of ether oxygens (including phenoxy) is 1. The summed E-state index contributed by atoms with van der Waals surface area (Å²) in [6.07, 6.45) is 0. The Kier molecular flexibility index (Phi) is 7.56. The lowest BCUT2D eigenvalue weighted by Gasteiger charge is -2.26. The average molecular weight is 384 g/mol. The highest BCUT2D eigenvalue weighted by molar-refractivity contribution is 5.96. The van der Waals surface area contributed by atoms with Crippen molar-refractivity contribution in [3.8, 4) is 5.75 Å². The van der Waals surface area contributed by atoms with Crippen LogP contribution in [-0.2, 0) is 16.2 Å². The quantitative estimate of drug-likeness (QED) is 0.692. The minimum atomic E-state index is -1.11. The van der Waals surface area contributed by atoms with Gasteiger partial charge in [0.05, 0.1) is 0 Å². The third-order valence-corrected chi connectivity index (χ3v) is 4.16. The summed E-state index contributed by atoms with van der Waals surface area (Å²) >= 11 is 0. The van der Waals surface area contributed by atoms with E-state index in [4.69, 9.17) is 4.74 Å². The maximum Gasteiger partial charge on any atom is 0.326 e. The van der Waals surface area contributed by atoms with Crippen LogP contribution in [0.15, 0.2) is 54.6 Å². The van der Waals surface area contributed by atoms with Gasteiger partial charge in [0.25, 0.3) is 5.91 Å². The van der Waals surface area contributed by atoms with Crippen LogP contribution in [0.1, 0.15) is 29.8 Å². The minimum Gasteiger partial charge on any atom is -0.489 e. The van der Waals surface area contributed by atoms with Gasteiger partial charge in [-0.1, -0.05) is 30.3 Å². The lowest BCUT2D eigenvalue weighted by Crippen LogP contribution is -2.46. The maximum absolute atomic E-state index is 12.8. The molecule has 0 bridgehead atoms. The Morgan fingerprint density at radius 2 is 1.71 bits per heavy atom. The Labute approximate surface area is 163 Å². The number of carboxylic acids is 1. The Balaban J connectivity index is 2.04. The van der Waals surface area contributed by atoms with Crippen molar-refractivity contribution in [1.29, 1.82) is 0 Å². The van der Waals surface area contributed by atoms with Crippen molar-refractivity contribution in [3.05, 3.63) is 65.7 Å². The molecular formula is C21H24N2O5. The van der Waals surface area contributed by atoms with Crippen LogP contribution < -0.4 is 10.1 Å². The van der Waals surface area contributed by atoms with Gasteiger partial charge < -0.3 is 20.1 Å². The third kappa shape index (κ3) is 6.12. The van der Waals surface area contributed by atoms with E-state index in [1.807, 2.05) is 30.3 Å². The molecule has 0 radical (unpaired) electrons. The summed E-state index contributed by atoms with van der Waals surface area (Å²) in [7, 11) is 0. The van der Waals surface area contributed by atoms with Crippen molar-refractivity contribution in [1.82, 2.24) is 10.2 Å². The monoisotopic (exact) mass is 384 g/mol. The molecule has 1 unspecified atom stereocenters. The van der Waals surface area contributed by atoms with Gasteiger partial charge in [0.1, 0.15) is 18.4 Å². The van der Waals surface area contributed by atoms with Crippen molar-refractivity contribution in [2.75, 3.05) is 13.1 Å². The SMILES string of the molecule is CC(=O)NCCN(C(=O)c1ccc(COc2ccccc2)cc1)C(C)C(=O)O. The second-order valence-corrected chi connectivity index (χ2v) is 6.29. The number of carboxylic acid groups (broad SMARTS) is 1. The highest BCUT2D eigenvalue weighted by Crippen LogP contribution is 2.14. The number of amides is 2. The number of aliphatic carboxylic acids is 1. The third-order valence-electron chi connectivity index (χ3n) is 4.16. The molecule has 2 aromatic rings. The highest BCUT2D eigenvalue weighted by atomic mass is 16.5. The van der Waals surface area contributed by atoms with Gasteiger partial charge in [-0.2, -0.15) is 0 Å². The molecule has 148 valence electrons. The molecule has 0 aliphatic heterocycles. The van der Waals surface area contributed by atoms with E-state index in [-0.39, 0.29) is 19.0 Å². The number of carbonyl (C=O) groups is 3. The Hall–Kier alpha value is -3.35. The lowest BCUT2D eigenvalue weighted by atomic mass is 10.1. The number of carbonyl (C=O) groups excluding carboxylic acids is 2. The molecule has 2 aromatic carbocycles. The molecule has 2 N–H and O–H groups in total. The molecule has 0 heterocycles. The summed E-state index contributed by atoms with van der Waals surface area (Å²) in [5, 5.41) is 11.9. The molecule has 7 nitrogen and oxygen atoms in total. The number of nitrogens with zero attached hydrogens (tertiary/aromatic N) is 1. The Morgan fingerprint density at radius 1 is 1.07 bits per heavy atom. The molecule has 28 heavy (non-hydrogen) atoms. The molecule has 7 heteroatoms. The van der Waals surface area contributed by atoms with Crippen LogP contribution in [0.4, 0.5) is 0 Å². The van der Waals surface area contributed by atoms with Gasteiger partial charge in [0, 0.05) is 25.6 Å². The van der Waals surface area contributed by atoms with Crippen molar-refractivity contribution in [2.45, 2.75) is 26.5 Å². The zero-order valence-corrected chi connectivity index (χ0v) is 15.9. The van der Waals surface area contributed by atoms with E-state index in [9.17, 15) is 19.5 Å². The van der Waals surface area contributed by atoms with Crippen molar-refractivity contribution in [2.24, 2.45) is 0 Å². The van der Waals surface area contributed by atoms with Crippen LogP contribution in [0.25, 0.3) is 0 Å². The fraction of sp³-hybridized carbons (Fsp3) is 0.286. The van der Waals surface area contributed by atoms with Gasteiger partial charge in [-0.25, -0.2) is 4.79 Å². The fourth-order valence-corrected chi connectivity index (χ4v) is 2.55. The second-order valence-electron chi connectivity index (χ2n) is 6.29. The van der Waals surface area contributed by atoms with Gasteiger partial charge >= 0.3 is 5.97 Å². The van der Waals surface area contributed by atoms with Crippen LogP contribution in [0, 0.1) is 0 Å². The predicted molar refractivity (Wildman–Crippen MR) is 104 cm³/mol. The van der Waals surface area contributed by atoms with E-state index in [1.165, 1.54) is 18.7 Å². The normalized spacial score (nSPS) is 11.4. The molecule has 0 spiro atoms. The summed E-state index contributed by atoms with van der Waals surface area (Å²) in [6.45, 7) is 3.45. The lowest BCUT2D eigenvalue weighted by molar-refractivity contribution is -0.141. The van der Waals surface area contributed by atoms with E-state index >= 15 is 0 Å². The molecule has 0 aromatic heterocycles. The first-order valence-electron chi connectivity index (χ1n) is 8.93. The summed E-state index contributed by atoms with van der Waals surface area (Å²) in [4.78, 5) is 36.4. The first-order valence-corrected chi connectivity index (χ1v) is 8.93. The molecule has 0 fully saturated rings. The van der Waals surface area contributed by atoms with Crippen LogP contribution in [0.2, 0.25) is 0 Å². The summed E-state index contributed by atoms with van der Waals surface area (Å²) < 4.78 is 5.67. The van der Waals surface area contributed by atoms with Gasteiger partial charge in [-0.15, -0.1) is 0 Å². The molecule has 1 atom stereocenters. The van der Waals surface area contributed by atoms with Crippen LogP contribution in [0.5, 0.6) is 5.75 Å².